The lowest BCUT2D eigenvalue weighted by molar-refractivity contribution is 1.08. The van der Waals surface area contributed by atoms with E-state index in [1.54, 1.807) is 0 Å². The Labute approximate surface area is 153 Å². The molecule has 2 aromatic rings. The molecule has 0 saturated heterocycles. The van der Waals surface area contributed by atoms with E-state index in [0.29, 0.717) is 0 Å². The summed E-state index contributed by atoms with van der Waals surface area (Å²) in [7, 11) is 2.06. The fourth-order valence-corrected chi connectivity index (χ4v) is 3.26. The molecule has 2 aliphatic rings. The van der Waals surface area contributed by atoms with E-state index in [4.69, 9.17) is 4.98 Å². The molecule has 1 aliphatic heterocycles. The number of H-pyrrole nitrogens is 1. The maximum absolute atomic E-state index is 4.89. The maximum atomic E-state index is 4.89. The van der Waals surface area contributed by atoms with Crippen LogP contribution in [0.5, 0.6) is 0 Å². The van der Waals surface area contributed by atoms with Crippen LogP contribution in [0.1, 0.15) is 11.1 Å². The van der Waals surface area contributed by atoms with Crippen molar-refractivity contribution in [1.82, 2.24) is 9.97 Å². The van der Waals surface area contributed by atoms with Gasteiger partial charge >= 0.3 is 0 Å². The lowest BCUT2D eigenvalue weighted by Crippen LogP contribution is -2.15. The molecule has 0 aromatic heterocycles. The van der Waals surface area contributed by atoms with Crippen molar-refractivity contribution in [3.05, 3.63) is 77.9 Å². The smallest absolute Gasteiger partial charge is 0.207 e. The molecular weight excluding hydrogens is 320 g/mol. The highest BCUT2D eigenvalue weighted by Crippen LogP contribution is 2.36. The van der Waals surface area contributed by atoms with Crippen molar-refractivity contribution in [2.75, 3.05) is 17.3 Å². The van der Waals surface area contributed by atoms with Gasteiger partial charge in [-0.05, 0) is 49.2 Å². The summed E-state index contributed by atoms with van der Waals surface area (Å²) in [6.45, 7) is 4.21. The first-order chi connectivity index (χ1) is 12.6. The third-order valence-electron chi connectivity index (χ3n) is 4.72. The van der Waals surface area contributed by atoms with Crippen LogP contribution < -0.4 is 10.2 Å². The van der Waals surface area contributed by atoms with Crippen LogP contribution in [0.3, 0.4) is 0 Å². The van der Waals surface area contributed by atoms with E-state index in [1.807, 2.05) is 12.1 Å². The number of aromatic nitrogens is 2. The zero-order chi connectivity index (χ0) is 18.1. The van der Waals surface area contributed by atoms with E-state index in [2.05, 4.69) is 90.7 Å². The summed E-state index contributed by atoms with van der Waals surface area (Å²) >= 11 is 0. The molecule has 26 heavy (non-hydrogen) atoms. The van der Waals surface area contributed by atoms with Gasteiger partial charge < -0.3 is 15.2 Å². The van der Waals surface area contributed by atoms with Gasteiger partial charge in [-0.25, -0.2) is 0 Å². The largest absolute Gasteiger partial charge is 0.329 e. The summed E-state index contributed by atoms with van der Waals surface area (Å²) in [4.78, 5) is 10.4. The van der Waals surface area contributed by atoms with Gasteiger partial charge in [-0.1, -0.05) is 42.5 Å². The molecule has 1 aliphatic carbocycles. The SMILES string of the molecule is Cc1ccccc1Nc1nc(N(C)c2ccccc2C)c2cccc-2[nH]1. The number of rotatable bonds is 4. The predicted octanol–water partition coefficient (Wildman–Crippen LogP) is 5.64. The fraction of sp³-hybridized carbons (Fsp3) is 0.136. The summed E-state index contributed by atoms with van der Waals surface area (Å²) in [6, 6.07) is 22.8. The summed E-state index contributed by atoms with van der Waals surface area (Å²) in [5.41, 5.74) is 6.76. The number of fused-ring (bicyclic) bond motifs is 1. The molecule has 2 aromatic carbocycles. The number of nitrogens with zero attached hydrogens (tertiary/aromatic N) is 2. The third kappa shape index (κ3) is 2.90. The lowest BCUT2D eigenvalue weighted by Gasteiger charge is -2.24. The van der Waals surface area contributed by atoms with E-state index in [0.717, 1.165) is 34.4 Å². The Morgan fingerprint density at radius 2 is 1.58 bits per heavy atom. The normalized spacial score (nSPS) is 10.9. The fourth-order valence-electron chi connectivity index (χ4n) is 3.26. The predicted molar refractivity (Wildman–Crippen MR) is 109 cm³/mol. The Morgan fingerprint density at radius 3 is 2.35 bits per heavy atom. The number of aromatic amines is 1. The maximum Gasteiger partial charge on any atom is 0.207 e. The van der Waals surface area contributed by atoms with Crippen molar-refractivity contribution in [3.63, 3.8) is 0 Å². The Balaban J connectivity index is 1.79. The molecule has 130 valence electrons. The van der Waals surface area contributed by atoms with Crippen molar-refractivity contribution in [2.24, 2.45) is 0 Å². The molecule has 1 heterocycles. The van der Waals surface area contributed by atoms with Gasteiger partial charge in [0.1, 0.15) is 5.82 Å². The van der Waals surface area contributed by atoms with Gasteiger partial charge in [0.15, 0.2) is 0 Å². The first-order valence-electron chi connectivity index (χ1n) is 8.74. The molecule has 4 nitrogen and oxygen atoms in total. The van der Waals surface area contributed by atoms with Gasteiger partial charge in [0.25, 0.3) is 0 Å². The van der Waals surface area contributed by atoms with E-state index >= 15 is 0 Å². The number of para-hydroxylation sites is 2. The van der Waals surface area contributed by atoms with Gasteiger partial charge in [0.2, 0.25) is 5.95 Å². The highest BCUT2D eigenvalue weighted by atomic mass is 15.2. The van der Waals surface area contributed by atoms with E-state index in [9.17, 15) is 0 Å². The van der Waals surface area contributed by atoms with Crippen LogP contribution in [0.25, 0.3) is 11.3 Å². The van der Waals surface area contributed by atoms with Crippen LogP contribution in [-0.2, 0) is 0 Å². The van der Waals surface area contributed by atoms with Crippen LogP contribution in [-0.4, -0.2) is 17.0 Å². The molecule has 0 spiro atoms. The van der Waals surface area contributed by atoms with E-state index in [1.165, 1.54) is 11.1 Å². The van der Waals surface area contributed by atoms with Crippen molar-refractivity contribution < 1.29 is 0 Å². The molecule has 0 radical (unpaired) electrons. The highest BCUT2D eigenvalue weighted by molar-refractivity contribution is 5.81. The van der Waals surface area contributed by atoms with Gasteiger partial charge in [-0.2, -0.15) is 4.98 Å². The topological polar surface area (TPSA) is 44.0 Å². The number of nitrogens with one attached hydrogen (secondary N) is 2. The lowest BCUT2D eigenvalue weighted by atomic mass is 10.1. The van der Waals surface area contributed by atoms with Crippen molar-refractivity contribution in [3.8, 4) is 11.3 Å². The van der Waals surface area contributed by atoms with E-state index < -0.39 is 0 Å². The molecular formula is C22H22N4. The van der Waals surface area contributed by atoms with Crippen molar-refractivity contribution in [1.29, 1.82) is 0 Å². The minimum atomic E-state index is 0.730. The quantitative estimate of drug-likeness (QED) is 0.504. The van der Waals surface area contributed by atoms with Gasteiger partial charge in [0, 0.05) is 24.0 Å². The monoisotopic (exact) mass is 342 g/mol. The second kappa shape index (κ2) is 6.56. The molecule has 0 saturated carbocycles. The number of benzene rings is 2. The third-order valence-corrected chi connectivity index (χ3v) is 4.72. The van der Waals surface area contributed by atoms with Crippen molar-refractivity contribution in [2.45, 2.75) is 13.8 Å². The molecule has 0 atom stereocenters. The Morgan fingerprint density at radius 1 is 0.846 bits per heavy atom. The minimum absolute atomic E-state index is 0.730. The molecule has 0 amide bonds. The molecule has 0 bridgehead atoms. The number of aryl methyl sites for hydroxylation is 2. The molecule has 2 N–H and O–H groups in total. The second-order valence-corrected chi connectivity index (χ2v) is 6.55. The van der Waals surface area contributed by atoms with Gasteiger partial charge in [-0.15, -0.1) is 0 Å². The van der Waals surface area contributed by atoms with Crippen molar-refractivity contribution >= 4 is 23.1 Å². The first-order valence-corrected chi connectivity index (χ1v) is 8.74. The van der Waals surface area contributed by atoms with Crippen LogP contribution in [0.15, 0.2) is 66.7 Å². The zero-order valence-corrected chi connectivity index (χ0v) is 15.2. The molecule has 4 rings (SSSR count). The highest BCUT2D eigenvalue weighted by Gasteiger charge is 2.18. The summed E-state index contributed by atoms with van der Waals surface area (Å²) in [5, 5.41) is 3.42. The number of hydrogen-bond donors (Lipinski definition) is 2. The van der Waals surface area contributed by atoms with Crippen LogP contribution in [0.2, 0.25) is 0 Å². The Hall–Kier alpha value is -3.27. The molecule has 4 heteroatoms. The number of anilines is 4. The van der Waals surface area contributed by atoms with Crippen LogP contribution in [0, 0.1) is 13.8 Å². The molecule has 0 fully saturated rings. The van der Waals surface area contributed by atoms with E-state index in [-0.39, 0.29) is 0 Å². The first kappa shape index (κ1) is 16.2. The van der Waals surface area contributed by atoms with Crippen LogP contribution >= 0.6 is 0 Å². The summed E-state index contributed by atoms with van der Waals surface area (Å²) < 4.78 is 0. The standard InChI is InChI=1S/C22H22N4/c1-15-9-4-6-12-18(15)23-22-24-19-13-8-11-17(19)21(25-22)26(3)20-14-7-5-10-16(20)2/h4-14H,1-3H3,(H2,23,24,25). The minimum Gasteiger partial charge on any atom is -0.329 e. The zero-order valence-electron chi connectivity index (χ0n) is 15.2. The van der Waals surface area contributed by atoms with Gasteiger partial charge in [-0.3, -0.25) is 0 Å². The second-order valence-electron chi connectivity index (χ2n) is 6.55. The Bertz CT molecular complexity index is 1020. The summed E-state index contributed by atoms with van der Waals surface area (Å²) in [6.07, 6.45) is 0. The van der Waals surface area contributed by atoms with Gasteiger partial charge in [0.05, 0.1) is 5.69 Å². The average molecular weight is 342 g/mol. The Kier molecular flexibility index (Phi) is 4.09. The summed E-state index contributed by atoms with van der Waals surface area (Å²) in [5.74, 6) is 1.66. The molecule has 0 unspecified atom stereocenters. The van der Waals surface area contributed by atoms with Crippen LogP contribution in [0.4, 0.5) is 23.1 Å². The average Bonchev–Trinajstić information content (AvgIpc) is 3.11. The number of hydrogen-bond acceptors (Lipinski definition) is 3.